The predicted molar refractivity (Wildman–Crippen MR) is 81.5 cm³/mol. The molecule has 19 heavy (non-hydrogen) atoms. The van der Waals surface area contributed by atoms with E-state index < -0.39 is 0 Å². The number of fused-ring (bicyclic) bond motifs is 1. The fourth-order valence-corrected chi connectivity index (χ4v) is 3.23. The Kier molecular flexibility index (Phi) is 3.27. The Morgan fingerprint density at radius 1 is 1.21 bits per heavy atom. The first-order valence-electron chi connectivity index (χ1n) is 6.53. The molecular formula is C15H16BrN3. The maximum Gasteiger partial charge on any atom is 0.162 e. The first-order chi connectivity index (χ1) is 9.19. The van der Waals surface area contributed by atoms with Crippen LogP contribution < -0.4 is 5.32 Å². The molecule has 2 aromatic rings. The second kappa shape index (κ2) is 4.93. The summed E-state index contributed by atoms with van der Waals surface area (Å²) >= 11 is 3.61. The van der Waals surface area contributed by atoms with Crippen molar-refractivity contribution < 1.29 is 0 Å². The molecule has 0 fully saturated rings. The number of aromatic nitrogens is 2. The lowest BCUT2D eigenvalue weighted by Crippen LogP contribution is -2.03. The van der Waals surface area contributed by atoms with E-state index in [9.17, 15) is 0 Å². The monoisotopic (exact) mass is 317 g/mol. The van der Waals surface area contributed by atoms with E-state index in [-0.39, 0.29) is 0 Å². The summed E-state index contributed by atoms with van der Waals surface area (Å²) in [6, 6.07) is 6.27. The average Bonchev–Trinajstić information content (AvgIpc) is 2.85. The summed E-state index contributed by atoms with van der Waals surface area (Å²) in [6.07, 6.45) is 3.32. The van der Waals surface area contributed by atoms with Crippen LogP contribution in [-0.4, -0.2) is 17.0 Å². The van der Waals surface area contributed by atoms with Gasteiger partial charge in [-0.2, -0.15) is 0 Å². The first kappa shape index (κ1) is 12.6. The maximum atomic E-state index is 4.74. The van der Waals surface area contributed by atoms with Gasteiger partial charge >= 0.3 is 0 Å². The van der Waals surface area contributed by atoms with E-state index in [1.54, 1.807) is 0 Å². The lowest BCUT2D eigenvalue weighted by molar-refractivity contribution is 0.900. The van der Waals surface area contributed by atoms with Crippen LogP contribution in [0.15, 0.2) is 22.7 Å². The highest BCUT2D eigenvalue weighted by Gasteiger charge is 2.19. The number of aryl methyl sites for hydroxylation is 2. The van der Waals surface area contributed by atoms with Crippen molar-refractivity contribution in [2.45, 2.75) is 26.2 Å². The molecule has 0 atom stereocenters. The lowest BCUT2D eigenvalue weighted by Gasteiger charge is -2.11. The maximum absolute atomic E-state index is 4.74. The Morgan fingerprint density at radius 3 is 2.79 bits per heavy atom. The Bertz CT molecular complexity index is 638. The Balaban J connectivity index is 2.15. The molecular weight excluding hydrogens is 302 g/mol. The molecule has 1 aromatic carbocycles. The number of anilines is 1. The van der Waals surface area contributed by atoms with Crippen molar-refractivity contribution in [1.82, 2.24) is 9.97 Å². The van der Waals surface area contributed by atoms with Gasteiger partial charge < -0.3 is 5.32 Å². The van der Waals surface area contributed by atoms with Gasteiger partial charge in [-0.05, 0) is 43.9 Å². The van der Waals surface area contributed by atoms with Crippen molar-refractivity contribution in [3.05, 3.63) is 39.5 Å². The standard InChI is InChI=1S/C15H16BrN3/c1-9-6-7-10(12(16)8-9)15-18-13-5-3-4-11(13)14(17-2)19-15/h6-8H,3-5H2,1-2H3,(H,17,18,19). The lowest BCUT2D eigenvalue weighted by atomic mass is 10.1. The SMILES string of the molecule is CNc1nc(-c2ccc(C)cc2Br)nc2c1CCC2. The van der Waals surface area contributed by atoms with E-state index in [4.69, 9.17) is 4.98 Å². The normalized spacial score (nSPS) is 13.4. The van der Waals surface area contributed by atoms with Gasteiger partial charge in [0.25, 0.3) is 0 Å². The van der Waals surface area contributed by atoms with Crippen LogP contribution in [0.1, 0.15) is 23.2 Å². The molecule has 98 valence electrons. The summed E-state index contributed by atoms with van der Waals surface area (Å²) in [5.41, 5.74) is 4.76. The number of hydrogen-bond donors (Lipinski definition) is 1. The van der Waals surface area contributed by atoms with Crippen molar-refractivity contribution >= 4 is 21.7 Å². The smallest absolute Gasteiger partial charge is 0.162 e. The van der Waals surface area contributed by atoms with Gasteiger partial charge in [0.2, 0.25) is 0 Å². The fourth-order valence-electron chi connectivity index (χ4n) is 2.56. The van der Waals surface area contributed by atoms with Crippen molar-refractivity contribution in [1.29, 1.82) is 0 Å². The number of nitrogens with one attached hydrogen (secondary N) is 1. The Labute approximate surface area is 121 Å². The molecule has 0 saturated heterocycles. The molecule has 1 heterocycles. The van der Waals surface area contributed by atoms with Crippen molar-refractivity contribution in [2.75, 3.05) is 12.4 Å². The van der Waals surface area contributed by atoms with Crippen LogP contribution in [0.4, 0.5) is 5.82 Å². The van der Waals surface area contributed by atoms with E-state index in [0.29, 0.717) is 0 Å². The number of hydrogen-bond acceptors (Lipinski definition) is 3. The number of halogens is 1. The van der Waals surface area contributed by atoms with Crippen LogP contribution in [0.5, 0.6) is 0 Å². The van der Waals surface area contributed by atoms with E-state index in [0.717, 1.165) is 34.5 Å². The van der Waals surface area contributed by atoms with Gasteiger partial charge in [-0.15, -0.1) is 0 Å². The van der Waals surface area contributed by atoms with Crippen LogP contribution in [-0.2, 0) is 12.8 Å². The predicted octanol–water partition coefficient (Wildman–Crippen LogP) is 3.74. The van der Waals surface area contributed by atoms with Crippen LogP contribution in [0.25, 0.3) is 11.4 Å². The van der Waals surface area contributed by atoms with Gasteiger partial charge in [0.1, 0.15) is 5.82 Å². The number of benzene rings is 1. The van der Waals surface area contributed by atoms with Gasteiger partial charge in [0.05, 0.1) is 0 Å². The molecule has 1 aliphatic carbocycles. The molecule has 1 aromatic heterocycles. The summed E-state index contributed by atoms with van der Waals surface area (Å²) in [5, 5.41) is 3.20. The Morgan fingerprint density at radius 2 is 2.05 bits per heavy atom. The molecule has 3 rings (SSSR count). The molecule has 1 aliphatic rings. The van der Waals surface area contributed by atoms with Gasteiger partial charge in [0.15, 0.2) is 5.82 Å². The van der Waals surface area contributed by atoms with E-state index in [1.165, 1.54) is 23.2 Å². The van der Waals surface area contributed by atoms with Gasteiger partial charge in [0, 0.05) is 28.3 Å². The van der Waals surface area contributed by atoms with Crippen LogP contribution in [0.3, 0.4) is 0 Å². The highest BCUT2D eigenvalue weighted by molar-refractivity contribution is 9.10. The quantitative estimate of drug-likeness (QED) is 0.916. The third-order valence-electron chi connectivity index (χ3n) is 3.54. The van der Waals surface area contributed by atoms with Crippen LogP contribution >= 0.6 is 15.9 Å². The van der Waals surface area contributed by atoms with Gasteiger partial charge in [-0.3, -0.25) is 0 Å². The van der Waals surface area contributed by atoms with Crippen molar-refractivity contribution in [2.24, 2.45) is 0 Å². The minimum Gasteiger partial charge on any atom is -0.373 e. The summed E-state index contributed by atoms with van der Waals surface area (Å²) in [4.78, 5) is 9.41. The minimum atomic E-state index is 0.803. The van der Waals surface area contributed by atoms with Gasteiger partial charge in [-0.25, -0.2) is 9.97 Å². The molecule has 0 bridgehead atoms. The highest BCUT2D eigenvalue weighted by atomic mass is 79.9. The molecule has 0 amide bonds. The van der Waals surface area contributed by atoms with E-state index in [1.807, 2.05) is 7.05 Å². The zero-order valence-corrected chi connectivity index (χ0v) is 12.7. The molecule has 3 nitrogen and oxygen atoms in total. The zero-order chi connectivity index (χ0) is 13.4. The largest absolute Gasteiger partial charge is 0.373 e. The minimum absolute atomic E-state index is 0.803. The molecule has 0 aliphatic heterocycles. The summed E-state index contributed by atoms with van der Waals surface area (Å²) in [7, 11) is 1.93. The molecule has 0 saturated carbocycles. The molecule has 0 unspecified atom stereocenters. The number of nitrogens with zero attached hydrogens (tertiary/aromatic N) is 2. The molecule has 1 N–H and O–H groups in total. The molecule has 0 spiro atoms. The van der Waals surface area contributed by atoms with Crippen LogP contribution in [0, 0.1) is 6.92 Å². The second-order valence-electron chi connectivity index (χ2n) is 4.91. The fraction of sp³-hybridized carbons (Fsp3) is 0.333. The Hall–Kier alpha value is -1.42. The van der Waals surface area contributed by atoms with Crippen molar-refractivity contribution in [3.63, 3.8) is 0 Å². The number of rotatable bonds is 2. The first-order valence-corrected chi connectivity index (χ1v) is 7.32. The summed E-state index contributed by atoms with van der Waals surface area (Å²) < 4.78 is 1.05. The zero-order valence-electron chi connectivity index (χ0n) is 11.1. The highest BCUT2D eigenvalue weighted by Crippen LogP contribution is 2.32. The van der Waals surface area contributed by atoms with E-state index >= 15 is 0 Å². The molecule has 4 heteroatoms. The summed E-state index contributed by atoms with van der Waals surface area (Å²) in [6.45, 7) is 2.08. The van der Waals surface area contributed by atoms with Gasteiger partial charge in [-0.1, -0.05) is 22.0 Å². The third kappa shape index (κ3) is 2.25. The van der Waals surface area contributed by atoms with Crippen LogP contribution in [0.2, 0.25) is 0 Å². The third-order valence-corrected chi connectivity index (χ3v) is 4.19. The molecule has 0 radical (unpaired) electrons. The second-order valence-corrected chi connectivity index (χ2v) is 5.76. The average molecular weight is 318 g/mol. The topological polar surface area (TPSA) is 37.8 Å². The van der Waals surface area contributed by atoms with E-state index in [2.05, 4.69) is 51.4 Å². The summed E-state index contributed by atoms with van der Waals surface area (Å²) in [5.74, 6) is 1.78. The van der Waals surface area contributed by atoms with Crippen molar-refractivity contribution in [3.8, 4) is 11.4 Å².